The molecule has 292 valence electrons. The van der Waals surface area contributed by atoms with Crippen molar-refractivity contribution in [1.82, 2.24) is 0 Å². The Morgan fingerprint density at radius 3 is 1.31 bits per heavy atom. The molecule has 0 heterocycles. The van der Waals surface area contributed by atoms with E-state index in [1.165, 1.54) is 122 Å². The number of rotatable bonds is 37. The van der Waals surface area contributed by atoms with Crippen LogP contribution in [0, 0.1) is 0 Å². The minimum absolute atomic E-state index is 0.0262. The van der Waals surface area contributed by atoms with Crippen LogP contribution in [0.25, 0.3) is 0 Å². The molecule has 0 saturated carbocycles. The minimum Gasteiger partial charge on any atom is -0.756 e. The lowest BCUT2D eigenvalue weighted by molar-refractivity contribution is -0.870. The molecule has 10 heteroatoms. The summed E-state index contributed by atoms with van der Waals surface area (Å²) in [4.78, 5) is 37.3. The van der Waals surface area contributed by atoms with Crippen LogP contribution in [0.4, 0.5) is 0 Å². The molecule has 0 spiro atoms. The van der Waals surface area contributed by atoms with Crippen molar-refractivity contribution in [3.05, 3.63) is 0 Å². The van der Waals surface area contributed by atoms with Gasteiger partial charge in [-0.2, -0.15) is 0 Å². The zero-order chi connectivity index (χ0) is 36.5. The molecule has 0 bridgehead atoms. The van der Waals surface area contributed by atoms with Gasteiger partial charge in [-0.1, -0.05) is 162 Å². The van der Waals surface area contributed by atoms with Crippen LogP contribution in [-0.4, -0.2) is 70.0 Å². The van der Waals surface area contributed by atoms with Crippen molar-refractivity contribution in [3.63, 3.8) is 0 Å². The molecule has 0 rings (SSSR count). The maximum Gasteiger partial charge on any atom is 0.306 e. The van der Waals surface area contributed by atoms with Crippen LogP contribution in [0.2, 0.25) is 0 Å². The second kappa shape index (κ2) is 32.9. The van der Waals surface area contributed by atoms with Crippen molar-refractivity contribution in [2.24, 2.45) is 0 Å². The molecule has 0 fully saturated rings. The standard InChI is InChI=1S/C39H78NO8P/c1-6-8-10-12-14-16-17-18-19-20-21-22-23-24-26-28-30-32-39(42)48-37(36-47-49(43,44)46-34-33-40(3,4)5)35-45-38(41)31-29-27-25-15-13-11-9-7-2/h37H,6-36H2,1-5H3/t37-/m1/s1. The molecule has 0 aromatic rings. The van der Waals surface area contributed by atoms with Crippen LogP contribution in [0.5, 0.6) is 0 Å². The second-order valence-electron chi connectivity index (χ2n) is 15.0. The number of hydrogen-bond donors (Lipinski definition) is 0. The van der Waals surface area contributed by atoms with Crippen molar-refractivity contribution in [1.29, 1.82) is 0 Å². The third-order valence-corrected chi connectivity index (χ3v) is 9.84. The second-order valence-corrected chi connectivity index (χ2v) is 16.4. The third kappa shape index (κ3) is 36.6. The lowest BCUT2D eigenvalue weighted by atomic mass is 10.0. The average molecular weight is 720 g/mol. The summed E-state index contributed by atoms with van der Waals surface area (Å²) in [5, 5.41) is 0. The zero-order valence-corrected chi connectivity index (χ0v) is 33.6. The lowest BCUT2D eigenvalue weighted by Crippen LogP contribution is -2.37. The Hall–Kier alpha value is -0.990. The predicted octanol–water partition coefficient (Wildman–Crippen LogP) is 10.2. The number of ether oxygens (including phenoxy) is 2. The van der Waals surface area contributed by atoms with Gasteiger partial charge in [0.25, 0.3) is 7.82 Å². The van der Waals surface area contributed by atoms with E-state index < -0.39 is 26.5 Å². The molecule has 2 atom stereocenters. The molecule has 9 nitrogen and oxygen atoms in total. The summed E-state index contributed by atoms with van der Waals surface area (Å²) < 4.78 is 33.7. The molecule has 0 aliphatic heterocycles. The zero-order valence-electron chi connectivity index (χ0n) is 32.7. The molecule has 0 aliphatic carbocycles. The van der Waals surface area contributed by atoms with Gasteiger partial charge in [0, 0.05) is 12.8 Å². The van der Waals surface area contributed by atoms with E-state index in [1.54, 1.807) is 0 Å². The maximum atomic E-state index is 12.6. The molecule has 0 saturated heterocycles. The summed E-state index contributed by atoms with van der Waals surface area (Å²) in [6.07, 6.45) is 29.9. The Bertz CT molecular complexity index is 819. The highest BCUT2D eigenvalue weighted by Crippen LogP contribution is 2.38. The smallest absolute Gasteiger partial charge is 0.306 e. The van der Waals surface area contributed by atoms with Gasteiger partial charge in [0.05, 0.1) is 27.7 Å². The number of esters is 2. The SMILES string of the molecule is CCCCCCCCCCCCCCCCCCCC(=O)O[C@H](COC(=O)CCCCCCCCCC)COP(=O)([O-])OCC[N+](C)(C)C. The molecule has 0 aromatic carbocycles. The quantitative estimate of drug-likeness (QED) is 0.0270. The van der Waals surface area contributed by atoms with E-state index in [9.17, 15) is 19.0 Å². The van der Waals surface area contributed by atoms with Crippen LogP contribution >= 0.6 is 7.82 Å². The summed E-state index contributed by atoms with van der Waals surface area (Å²) >= 11 is 0. The normalized spacial score (nSPS) is 13.7. The van der Waals surface area contributed by atoms with Crippen molar-refractivity contribution >= 4 is 19.8 Å². The summed E-state index contributed by atoms with van der Waals surface area (Å²) in [6, 6.07) is 0. The van der Waals surface area contributed by atoms with E-state index in [0.717, 1.165) is 32.1 Å². The Morgan fingerprint density at radius 2 is 0.918 bits per heavy atom. The van der Waals surface area contributed by atoms with Crippen molar-refractivity contribution < 1.29 is 42.1 Å². The van der Waals surface area contributed by atoms with Crippen molar-refractivity contribution in [2.45, 2.75) is 193 Å². The molecule has 0 amide bonds. The predicted molar refractivity (Wildman–Crippen MR) is 199 cm³/mol. The number of quaternary nitrogens is 1. The first-order chi connectivity index (χ1) is 23.5. The Labute approximate surface area is 302 Å². The lowest BCUT2D eigenvalue weighted by Gasteiger charge is -2.28. The van der Waals surface area contributed by atoms with Crippen LogP contribution in [0.1, 0.15) is 187 Å². The van der Waals surface area contributed by atoms with E-state index >= 15 is 0 Å². The topological polar surface area (TPSA) is 111 Å². The molecule has 0 N–H and O–H groups in total. The molecular formula is C39H78NO8P. The molecular weight excluding hydrogens is 641 g/mol. The highest BCUT2D eigenvalue weighted by Gasteiger charge is 2.21. The van der Waals surface area contributed by atoms with Crippen LogP contribution < -0.4 is 4.89 Å². The number of likely N-dealkylation sites (N-methyl/N-ethyl adjacent to an activating group) is 1. The maximum absolute atomic E-state index is 12.6. The van der Waals surface area contributed by atoms with Gasteiger partial charge in [0.1, 0.15) is 19.8 Å². The molecule has 49 heavy (non-hydrogen) atoms. The number of carbonyl (C=O) groups is 2. The van der Waals surface area contributed by atoms with Crippen LogP contribution in [0.15, 0.2) is 0 Å². The fraction of sp³-hybridized carbons (Fsp3) is 0.949. The van der Waals surface area contributed by atoms with Gasteiger partial charge in [0.2, 0.25) is 0 Å². The monoisotopic (exact) mass is 720 g/mol. The highest BCUT2D eigenvalue weighted by molar-refractivity contribution is 7.45. The van der Waals surface area contributed by atoms with E-state index in [4.69, 9.17) is 18.5 Å². The van der Waals surface area contributed by atoms with Crippen LogP contribution in [-0.2, 0) is 32.7 Å². The van der Waals surface area contributed by atoms with Gasteiger partial charge < -0.3 is 27.9 Å². The van der Waals surface area contributed by atoms with Gasteiger partial charge in [-0.3, -0.25) is 14.2 Å². The first-order valence-electron chi connectivity index (χ1n) is 20.2. The first-order valence-corrected chi connectivity index (χ1v) is 21.7. The fourth-order valence-electron chi connectivity index (χ4n) is 5.65. The third-order valence-electron chi connectivity index (χ3n) is 8.88. The number of unbranched alkanes of at least 4 members (excludes halogenated alkanes) is 23. The Kier molecular flexibility index (Phi) is 32.2. The summed E-state index contributed by atoms with van der Waals surface area (Å²) in [6.45, 7) is 4.21. The Balaban J connectivity index is 4.29. The summed E-state index contributed by atoms with van der Waals surface area (Å²) in [5.74, 6) is -0.829. The highest BCUT2D eigenvalue weighted by atomic mass is 31.2. The van der Waals surface area contributed by atoms with Gasteiger partial charge in [-0.25, -0.2) is 0 Å². The molecule has 0 aromatic heterocycles. The summed E-state index contributed by atoms with van der Waals surface area (Å²) in [7, 11) is 1.18. The number of nitrogens with zero attached hydrogens (tertiary/aromatic N) is 1. The molecule has 1 unspecified atom stereocenters. The molecule has 0 aliphatic rings. The van der Waals surface area contributed by atoms with E-state index in [0.29, 0.717) is 17.4 Å². The minimum atomic E-state index is -4.61. The van der Waals surface area contributed by atoms with Crippen molar-refractivity contribution in [3.8, 4) is 0 Å². The van der Waals surface area contributed by atoms with Gasteiger partial charge in [-0.15, -0.1) is 0 Å². The average Bonchev–Trinajstić information content (AvgIpc) is 3.04. The largest absolute Gasteiger partial charge is 0.756 e. The van der Waals surface area contributed by atoms with Gasteiger partial charge in [0.15, 0.2) is 6.10 Å². The number of phosphoric ester groups is 1. The number of phosphoric acid groups is 1. The van der Waals surface area contributed by atoms with Crippen molar-refractivity contribution in [2.75, 3.05) is 47.5 Å². The molecule has 0 radical (unpaired) electrons. The summed E-state index contributed by atoms with van der Waals surface area (Å²) in [5.41, 5.74) is 0. The first kappa shape index (κ1) is 48.0. The van der Waals surface area contributed by atoms with E-state index in [-0.39, 0.29) is 32.0 Å². The van der Waals surface area contributed by atoms with Gasteiger partial charge in [-0.05, 0) is 12.8 Å². The fourth-order valence-corrected chi connectivity index (χ4v) is 6.38. The van der Waals surface area contributed by atoms with Crippen LogP contribution in [0.3, 0.4) is 0 Å². The Morgan fingerprint density at radius 1 is 0.551 bits per heavy atom. The number of hydrogen-bond acceptors (Lipinski definition) is 8. The van der Waals surface area contributed by atoms with Gasteiger partial charge >= 0.3 is 11.9 Å². The number of carbonyl (C=O) groups excluding carboxylic acids is 2. The van der Waals surface area contributed by atoms with E-state index in [2.05, 4.69) is 13.8 Å². The van der Waals surface area contributed by atoms with E-state index in [1.807, 2.05) is 21.1 Å².